The van der Waals surface area contributed by atoms with Crippen molar-refractivity contribution in [3.8, 4) is 5.75 Å². The number of rotatable bonds is 7. The summed E-state index contributed by atoms with van der Waals surface area (Å²) < 4.78 is 5.55. The number of likely N-dealkylation sites (N-methyl/N-ethyl adjacent to an activating group) is 1. The third-order valence-electron chi connectivity index (χ3n) is 5.26. The van der Waals surface area contributed by atoms with Crippen molar-refractivity contribution in [3.05, 3.63) is 42.8 Å². The van der Waals surface area contributed by atoms with Crippen LogP contribution in [0.5, 0.6) is 5.75 Å². The minimum Gasteiger partial charge on any atom is -0.492 e. The molecule has 0 aromatic carbocycles. The summed E-state index contributed by atoms with van der Waals surface area (Å²) in [5.74, 6) is -4.15. The van der Waals surface area contributed by atoms with Crippen molar-refractivity contribution < 1.29 is 44.3 Å². The van der Waals surface area contributed by atoms with Crippen LogP contribution in [0.15, 0.2) is 42.8 Å². The van der Waals surface area contributed by atoms with Crippen molar-refractivity contribution in [2.45, 2.75) is 38.3 Å². The van der Waals surface area contributed by atoms with Crippen molar-refractivity contribution in [3.63, 3.8) is 0 Å². The van der Waals surface area contributed by atoms with Gasteiger partial charge in [0.2, 0.25) is 0 Å². The first kappa shape index (κ1) is 29.1. The molecule has 3 rings (SSSR count). The Hall–Kier alpha value is -3.93. The van der Waals surface area contributed by atoms with E-state index in [0.717, 1.165) is 24.9 Å². The Labute approximate surface area is 202 Å². The summed E-state index contributed by atoms with van der Waals surface area (Å²) in [7, 11) is 2.28. The third kappa shape index (κ3) is 11.7. The average molecular weight is 494 g/mol. The number of hydrogen-bond donors (Lipinski definition) is 4. The molecule has 2 fully saturated rings. The number of aromatic nitrogens is 1. The maximum atomic E-state index is 9.55. The lowest BCUT2D eigenvalue weighted by atomic mass is 10.1. The predicted octanol–water partition coefficient (Wildman–Crippen LogP) is 1.58. The molecule has 12 heteroatoms. The number of fused-ring (bicyclic) bond motifs is 2. The smallest absolute Gasteiger partial charge is 0.328 e. The van der Waals surface area contributed by atoms with Crippen molar-refractivity contribution in [2.75, 3.05) is 31.6 Å². The zero-order chi connectivity index (χ0) is 26.4. The Kier molecular flexibility index (Phi) is 12.5. The monoisotopic (exact) mass is 493 g/mol. The van der Waals surface area contributed by atoms with Gasteiger partial charge in [-0.05, 0) is 33.2 Å². The van der Waals surface area contributed by atoms with Gasteiger partial charge in [-0.3, -0.25) is 9.88 Å². The summed E-state index contributed by atoms with van der Waals surface area (Å²) in [6.07, 6.45) is 9.94. The number of ether oxygens (including phenoxy) is 1. The maximum absolute atomic E-state index is 9.55. The second kappa shape index (κ2) is 15.1. The van der Waals surface area contributed by atoms with Gasteiger partial charge < -0.3 is 30.1 Å². The summed E-state index contributed by atoms with van der Waals surface area (Å²) in [5.41, 5.74) is 1.20. The molecule has 2 aliphatic rings. The van der Waals surface area contributed by atoms with Crippen LogP contribution in [-0.2, 0) is 19.2 Å². The molecule has 2 aliphatic heterocycles. The van der Waals surface area contributed by atoms with Gasteiger partial charge in [0.1, 0.15) is 5.75 Å². The van der Waals surface area contributed by atoms with Crippen LogP contribution in [0.3, 0.4) is 0 Å². The van der Waals surface area contributed by atoms with Crippen LogP contribution >= 0.6 is 0 Å². The summed E-state index contributed by atoms with van der Waals surface area (Å²) >= 11 is 0. The number of nitrogens with zero attached hydrogens (tertiary/aromatic N) is 3. The first-order chi connectivity index (χ1) is 16.5. The largest absolute Gasteiger partial charge is 0.492 e. The van der Waals surface area contributed by atoms with E-state index in [-0.39, 0.29) is 0 Å². The first-order valence-electron chi connectivity index (χ1n) is 10.9. The molecule has 2 unspecified atom stereocenters. The molecule has 0 amide bonds. The lowest BCUT2D eigenvalue weighted by molar-refractivity contribution is -0.134. The summed E-state index contributed by atoms with van der Waals surface area (Å²) in [5, 5.41) is 31.2. The molecule has 35 heavy (non-hydrogen) atoms. The molecule has 12 nitrogen and oxygen atoms in total. The van der Waals surface area contributed by atoms with Gasteiger partial charge in [-0.25, -0.2) is 19.2 Å². The van der Waals surface area contributed by atoms with Crippen LogP contribution in [-0.4, -0.2) is 93.0 Å². The molecule has 2 saturated heterocycles. The first-order valence-corrected chi connectivity index (χ1v) is 10.9. The van der Waals surface area contributed by atoms with Crippen molar-refractivity contribution >= 4 is 29.6 Å². The highest BCUT2D eigenvalue weighted by Crippen LogP contribution is 2.31. The van der Waals surface area contributed by atoms with E-state index in [1.807, 2.05) is 13.1 Å². The van der Waals surface area contributed by atoms with E-state index in [0.29, 0.717) is 37.0 Å². The van der Waals surface area contributed by atoms with E-state index in [1.165, 1.54) is 24.9 Å². The number of aliphatic carboxylic acids is 4. The third-order valence-corrected chi connectivity index (χ3v) is 5.26. The number of carboxylic acids is 4. The number of hydrogen-bond acceptors (Lipinski definition) is 8. The van der Waals surface area contributed by atoms with Gasteiger partial charge in [-0.2, -0.15) is 0 Å². The Morgan fingerprint density at radius 1 is 0.914 bits per heavy atom. The van der Waals surface area contributed by atoms with E-state index in [4.69, 9.17) is 25.2 Å². The van der Waals surface area contributed by atoms with Gasteiger partial charge >= 0.3 is 23.9 Å². The number of carboxylic acid groups (broad SMARTS) is 4. The lowest BCUT2D eigenvalue weighted by Crippen LogP contribution is -2.36. The van der Waals surface area contributed by atoms with E-state index in [2.05, 4.69) is 27.9 Å². The number of anilines is 1. The summed E-state index contributed by atoms with van der Waals surface area (Å²) in [6, 6.07) is 3.59. The highest BCUT2D eigenvalue weighted by molar-refractivity contribution is 5.90. The number of pyridine rings is 1. The van der Waals surface area contributed by atoms with Gasteiger partial charge in [0, 0.05) is 55.5 Å². The van der Waals surface area contributed by atoms with Crippen LogP contribution in [0.2, 0.25) is 0 Å². The fourth-order valence-electron chi connectivity index (χ4n) is 3.65. The number of carbonyl (C=O) groups is 4. The Bertz CT molecular complexity index is 867. The molecular weight excluding hydrogens is 462 g/mol. The summed E-state index contributed by atoms with van der Waals surface area (Å²) in [6.45, 7) is 4.94. The molecule has 4 N–H and O–H groups in total. The fourth-order valence-corrected chi connectivity index (χ4v) is 3.65. The average Bonchev–Trinajstić information content (AvgIpc) is 3.03. The molecule has 0 saturated carbocycles. The van der Waals surface area contributed by atoms with Crippen molar-refractivity contribution in [1.82, 2.24) is 9.88 Å². The van der Waals surface area contributed by atoms with Crippen LogP contribution in [0.25, 0.3) is 0 Å². The zero-order valence-corrected chi connectivity index (χ0v) is 19.6. The van der Waals surface area contributed by atoms with Gasteiger partial charge in [-0.15, -0.1) is 0 Å². The Morgan fingerprint density at radius 3 is 1.91 bits per heavy atom. The van der Waals surface area contributed by atoms with E-state index in [9.17, 15) is 19.2 Å². The molecule has 0 spiro atoms. The minimum absolute atomic E-state index is 0.558. The zero-order valence-electron chi connectivity index (χ0n) is 19.6. The van der Waals surface area contributed by atoms with E-state index in [1.54, 1.807) is 6.20 Å². The van der Waals surface area contributed by atoms with Crippen molar-refractivity contribution in [2.24, 2.45) is 0 Å². The molecule has 0 aliphatic carbocycles. The Morgan fingerprint density at radius 2 is 1.43 bits per heavy atom. The van der Waals surface area contributed by atoms with Gasteiger partial charge in [-0.1, -0.05) is 0 Å². The van der Waals surface area contributed by atoms with E-state index >= 15 is 0 Å². The standard InChI is InChI=1S/C15H23N3O.2C4H4O4/c1-3-19-15-8-14(9-16-10-15)18-7-6-12-4-5-13(11-18)17(12)2;2*5-3(6)1-2-4(7)8/h8-10,12-13H,3-7,11H2,1-2H3;2*1-2H,(H,5,6)(H,7,8)/b;2*2-1+. The second-order valence-corrected chi connectivity index (χ2v) is 7.62. The highest BCUT2D eigenvalue weighted by Gasteiger charge is 2.34. The Balaban J connectivity index is 0.000000320. The van der Waals surface area contributed by atoms with Crippen LogP contribution < -0.4 is 9.64 Å². The normalized spacial score (nSPS) is 19.2. The molecule has 2 bridgehead atoms. The van der Waals surface area contributed by atoms with Crippen LogP contribution in [0, 0.1) is 0 Å². The van der Waals surface area contributed by atoms with Crippen LogP contribution in [0.4, 0.5) is 5.69 Å². The molecule has 3 heterocycles. The topological polar surface area (TPSA) is 178 Å². The van der Waals surface area contributed by atoms with Crippen molar-refractivity contribution in [1.29, 1.82) is 0 Å². The van der Waals surface area contributed by atoms with Gasteiger partial charge in [0.15, 0.2) is 0 Å². The maximum Gasteiger partial charge on any atom is 0.328 e. The van der Waals surface area contributed by atoms with Crippen LogP contribution in [0.1, 0.15) is 26.2 Å². The second-order valence-electron chi connectivity index (χ2n) is 7.62. The molecular formula is C23H31N3O9. The molecule has 0 radical (unpaired) electrons. The minimum atomic E-state index is -1.26. The molecule has 192 valence electrons. The molecule has 2 atom stereocenters. The van der Waals surface area contributed by atoms with Gasteiger partial charge in [0.05, 0.1) is 24.7 Å². The van der Waals surface area contributed by atoms with Gasteiger partial charge in [0.25, 0.3) is 0 Å². The fraction of sp³-hybridized carbons (Fsp3) is 0.435. The summed E-state index contributed by atoms with van der Waals surface area (Å²) in [4.78, 5) is 47.6. The lowest BCUT2D eigenvalue weighted by Gasteiger charge is -2.27. The van der Waals surface area contributed by atoms with E-state index < -0.39 is 23.9 Å². The quantitative estimate of drug-likeness (QED) is 0.404. The SMILES string of the molecule is CCOc1cncc(N2CCC3CCC(C2)N3C)c1.O=C(O)/C=C/C(=O)O.O=C(O)/C=C/C(=O)O. The molecule has 1 aromatic heterocycles. The predicted molar refractivity (Wildman–Crippen MR) is 126 cm³/mol. The molecule has 1 aromatic rings. The highest BCUT2D eigenvalue weighted by atomic mass is 16.5.